The van der Waals surface area contributed by atoms with E-state index in [1.165, 1.54) is 47.6 Å². The molecule has 2 aromatic carbocycles. The lowest BCUT2D eigenvalue weighted by Crippen LogP contribution is -2.36. The predicted octanol–water partition coefficient (Wildman–Crippen LogP) is 2.62. The maximum atomic E-state index is 14.1. The zero-order chi connectivity index (χ0) is 32.7. The number of aliphatic hydroxyl groups is 1. The topological polar surface area (TPSA) is 187 Å². The third-order valence-corrected chi connectivity index (χ3v) is 8.02. The van der Waals surface area contributed by atoms with Crippen LogP contribution in [0, 0.1) is 10.1 Å². The molecule has 1 N–H and O–H groups in total. The number of nitrogens with zero attached hydrogens (tertiary/aromatic N) is 5. The second kappa shape index (κ2) is 12.0. The standard InChI is InChI=1S/C30H29N5O11/c1-32-16(13-31-29(32)35(40)41)14-44-30(39)33(7-8-36)5-4-6-34-26-18-10-23-24(46-15-45-23)11-19(18)27(37)25(26)17-9-21(42-2)22(43-3)12-20(17)28(34)38/h9-13,36H,4-8,14-15H2,1-3H3. The second-order valence-electron chi connectivity index (χ2n) is 10.5. The van der Waals surface area contributed by atoms with Crippen molar-refractivity contribution in [3.63, 3.8) is 0 Å². The number of hydrogen-bond acceptors (Lipinski definition) is 12. The van der Waals surface area contributed by atoms with Crippen molar-refractivity contribution in [3.05, 3.63) is 67.8 Å². The molecule has 2 aromatic heterocycles. The fraction of sp³-hybridized carbons (Fsp3) is 0.333. The van der Waals surface area contributed by atoms with Gasteiger partial charge in [0.05, 0.1) is 44.5 Å². The van der Waals surface area contributed by atoms with Crippen LogP contribution in [0.4, 0.5) is 10.7 Å². The van der Waals surface area contributed by atoms with Gasteiger partial charge < -0.3 is 48.4 Å². The Bertz CT molecular complexity index is 1970. The summed E-state index contributed by atoms with van der Waals surface area (Å²) in [6.45, 7) is -0.510. The first-order chi connectivity index (χ1) is 22.2. The zero-order valence-corrected chi connectivity index (χ0v) is 25.1. The fourth-order valence-electron chi connectivity index (χ4n) is 5.76. The summed E-state index contributed by atoms with van der Waals surface area (Å²) in [5.41, 5.74) is 1.49. The number of aliphatic hydroxyl groups excluding tert-OH is 1. The number of fused-ring (bicyclic) bond motifs is 6. The van der Waals surface area contributed by atoms with Gasteiger partial charge in [0.25, 0.3) is 5.56 Å². The molecule has 46 heavy (non-hydrogen) atoms. The number of rotatable bonds is 11. The van der Waals surface area contributed by atoms with E-state index in [-0.39, 0.29) is 62.8 Å². The third-order valence-electron chi connectivity index (χ3n) is 8.02. The summed E-state index contributed by atoms with van der Waals surface area (Å²) in [5, 5.41) is 21.3. The summed E-state index contributed by atoms with van der Waals surface area (Å²) in [7, 11) is 4.34. The summed E-state index contributed by atoms with van der Waals surface area (Å²) in [5.74, 6) is 0.851. The van der Waals surface area contributed by atoms with Crippen LogP contribution in [-0.2, 0) is 24.9 Å². The molecule has 1 aliphatic carbocycles. The minimum atomic E-state index is -0.765. The van der Waals surface area contributed by atoms with Crippen molar-refractivity contribution in [2.75, 3.05) is 40.7 Å². The predicted molar refractivity (Wildman–Crippen MR) is 160 cm³/mol. The van der Waals surface area contributed by atoms with Crippen molar-refractivity contribution in [3.8, 4) is 34.3 Å². The largest absolute Gasteiger partial charge is 0.493 e. The van der Waals surface area contributed by atoms with E-state index >= 15 is 0 Å². The Morgan fingerprint density at radius 1 is 1.07 bits per heavy atom. The number of carbonyl (C=O) groups is 2. The number of imidazole rings is 1. The maximum absolute atomic E-state index is 14.1. The minimum Gasteiger partial charge on any atom is -0.493 e. The smallest absolute Gasteiger partial charge is 0.434 e. The molecule has 16 heteroatoms. The van der Waals surface area contributed by atoms with Gasteiger partial charge in [-0.15, -0.1) is 0 Å². The van der Waals surface area contributed by atoms with Crippen LogP contribution in [0.5, 0.6) is 23.0 Å². The van der Waals surface area contributed by atoms with Crippen LogP contribution in [0.15, 0.2) is 35.3 Å². The van der Waals surface area contributed by atoms with E-state index in [0.717, 1.165) is 0 Å². The first-order valence-electron chi connectivity index (χ1n) is 14.2. The Kier molecular flexibility index (Phi) is 7.95. The molecule has 0 saturated heterocycles. The van der Waals surface area contributed by atoms with Crippen LogP contribution in [0.25, 0.3) is 22.0 Å². The molecule has 2 aliphatic rings. The van der Waals surface area contributed by atoms with Gasteiger partial charge in [-0.3, -0.25) is 9.59 Å². The molecule has 0 unspecified atom stereocenters. The monoisotopic (exact) mass is 635 g/mol. The molecular formula is C30H29N5O11. The molecule has 6 rings (SSSR count). The fourth-order valence-corrected chi connectivity index (χ4v) is 5.76. The van der Waals surface area contributed by atoms with Crippen LogP contribution in [-0.4, -0.2) is 81.6 Å². The molecule has 0 spiro atoms. The number of carbonyl (C=O) groups excluding carboxylic acids is 2. The molecule has 1 amide bonds. The van der Waals surface area contributed by atoms with Crippen LogP contribution >= 0.6 is 0 Å². The number of hydrogen-bond donors (Lipinski definition) is 1. The van der Waals surface area contributed by atoms with E-state index in [0.29, 0.717) is 56.5 Å². The average molecular weight is 636 g/mol. The Balaban J connectivity index is 1.32. The Labute approximate surface area is 260 Å². The number of benzene rings is 2. The molecule has 0 atom stereocenters. The van der Waals surface area contributed by atoms with Gasteiger partial charge in [-0.25, -0.2) is 9.36 Å². The summed E-state index contributed by atoms with van der Waals surface area (Å²) in [4.78, 5) is 56.3. The van der Waals surface area contributed by atoms with E-state index in [2.05, 4.69) is 4.98 Å². The molecular weight excluding hydrogens is 606 g/mol. The molecule has 3 heterocycles. The molecule has 0 saturated carbocycles. The number of nitro groups is 1. The average Bonchev–Trinajstić information content (AvgIpc) is 3.74. The van der Waals surface area contributed by atoms with Gasteiger partial charge in [0.1, 0.15) is 6.20 Å². The lowest BCUT2D eigenvalue weighted by Gasteiger charge is -2.22. The Morgan fingerprint density at radius 3 is 2.37 bits per heavy atom. The highest BCUT2D eigenvalue weighted by Crippen LogP contribution is 2.47. The number of ketones is 1. The number of pyridine rings is 1. The minimum absolute atomic E-state index is 0.00900. The Hall–Kier alpha value is -5.64. The van der Waals surface area contributed by atoms with E-state index in [1.807, 2.05) is 0 Å². The van der Waals surface area contributed by atoms with Crippen LogP contribution in [0.2, 0.25) is 0 Å². The highest BCUT2D eigenvalue weighted by molar-refractivity contribution is 6.27. The molecule has 0 fully saturated rings. The molecule has 240 valence electrons. The Morgan fingerprint density at radius 2 is 1.74 bits per heavy atom. The summed E-state index contributed by atoms with van der Waals surface area (Å²) < 4.78 is 30.0. The summed E-state index contributed by atoms with van der Waals surface area (Å²) in [6.07, 6.45) is 0.718. The first-order valence-corrected chi connectivity index (χ1v) is 14.2. The number of methoxy groups -OCH3 is 2. The normalized spacial score (nSPS) is 12.7. The van der Waals surface area contributed by atoms with Crippen molar-refractivity contribution in [1.82, 2.24) is 19.0 Å². The van der Waals surface area contributed by atoms with Crippen molar-refractivity contribution < 1.29 is 43.3 Å². The number of ether oxygens (including phenoxy) is 5. The van der Waals surface area contributed by atoms with Crippen LogP contribution in [0.1, 0.15) is 28.0 Å². The lowest BCUT2D eigenvalue weighted by molar-refractivity contribution is -0.396. The first kappa shape index (κ1) is 30.4. The summed E-state index contributed by atoms with van der Waals surface area (Å²) >= 11 is 0. The number of amides is 1. The number of aromatic nitrogens is 3. The van der Waals surface area contributed by atoms with E-state index in [1.54, 1.807) is 18.2 Å². The third kappa shape index (κ3) is 5.01. The van der Waals surface area contributed by atoms with Crippen molar-refractivity contribution in [2.24, 2.45) is 7.05 Å². The van der Waals surface area contributed by atoms with E-state index in [9.17, 15) is 29.6 Å². The van der Waals surface area contributed by atoms with Gasteiger partial charge in [-0.05, 0) is 35.6 Å². The van der Waals surface area contributed by atoms with Gasteiger partial charge in [-0.2, -0.15) is 0 Å². The molecule has 4 aromatic rings. The van der Waals surface area contributed by atoms with E-state index < -0.39 is 17.0 Å². The van der Waals surface area contributed by atoms with Crippen LogP contribution < -0.4 is 24.5 Å². The summed E-state index contributed by atoms with van der Waals surface area (Å²) in [6, 6.07) is 6.44. The van der Waals surface area contributed by atoms with Crippen molar-refractivity contribution in [1.29, 1.82) is 0 Å². The van der Waals surface area contributed by atoms with E-state index in [4.69, 9.17) is 23.7 Å². The highest BCUT2D eigenvalue weighted by atomic mass is 16.7. The molecule has 0 radical (unpaired) electrons. The maximum Gasteiger partial charge on any atom is 0.434 e. The quantitative estimate of drug-likeness (QED) is 0.165. The van der Waals surface area contributed by atoms with Gasteiger partial charge in [0, 0.05) is 36.1 Å². The van der Waals surface area contributed by atoms with Crippen LogP contribution in [0.3, 0.4) is 0 Å². The second-order valence-corrected chi connectivity index (χ2v) is 10.5. The SMILES string of the molecule is COc1cc2c3c(n(CCCN(CCO)C(=O)OCc4cnc([N+](=O)[O-])n4C)c(=O)c2cc1OC)-c1cc2c(cc1C3=O)OCO2. The van der Waals surface area contributed by atoms with Crippen molar-refractivity contribution in [2.45, 2.75) is 19.6 Å². The molecule has 1 aliphatic heterocycles. The highest BCUT2D eigenvalue weighted by Gasteiger charge is 2.36. The molecule has 16 nitrogen and oxygen atoms in total. The molecule has 0 bridgehead atoms. The zero-order valence-electron chi connectivity index (χ0n) is 25.1. The van der Waals surface area contributed by atoms with Gasteiger partial charge in [-0.1, -0.05) is 4.98 Å². The van der Waals surface area contributed by atoms with Crippen molar-refractivity contribution >= 4 is 28.6 Å². The lowest BCUT2D eigenvalue weighted by atomic mass is 10.0. The van der Waals surface area contributed by atoms with Gasteiger partial charge >= 0.3 is 12.0 Å². The van der Waals surface area contributed by atoms with Gasteiger partial charge in [0.15, 0.2) is 41.1 Å². The van der Waals surface area contributed by atoms with Gasteiger partial charge in [0.2, 0.25) is 6.79 Å².